The molecule has 2 saturated heterocycles. The smallest absolute Gasteiger partial charge is 0.0686 e. The van der Waals surface area contributed by atoms with E-state index in [2.05, 4.69) is 36.5 Å². The van der Waals surface area contributed by atoms with E-state index in [0.717, 1.165) is 6.04 Å². The largest absolute Gasteiger partial charge is 0.298 e. The molecule has 2 heterocycles. The molecule has 0 N–H and O–H groups in total. The second-order valence-corrected chi connectivity index (χ2v) is 6.00. The summed E-state index contributed by atoms with van der Waals surface area (Å²) in [6.07, 6.45) is 9.76. The first-order valence-corrected chi connectivity index (χ1v) is 7.09. The highest BCUT2D eigenvalue weighted by molar-refractivity contribution is 5.03. The van der Waals surface area contributed by atoms with Crippen LogP contribution in [0.5, 0.6) is 0 Å². The third-order valence-corrected chi connectivity index (χ3v) is 4.53. The minimum absolute atomic E-state index is 0.284. The van der Waals surface area contributed by atoms with E-state index < -0.39 is 0 Å². The number of nitrogens with zero attached hydrogens (tertiary/aromatic N) is 2. The lowest BCUT2D eigenvalue weighted by Gasteiger charge is -2.51. The minimum atomic E-state index is 0.284. The van der Waals surface area contributed by atoms with Crippen LogP contribution in [0.2, 0.25) is 0 Å². The van der Waals surface area contributed by atoms with Gasteiger partial charge in [-0.05, 0) is 32.2 Å². The van der Waals surface area contributed by atoms with Crippen LogP contribution in [0.1, 0.15) is 40.0 Å². The molecule has 2 nitrogen and oxygen atoms in total. The van der Waals surface area contributed by atoms with Gasteiger partial charge in [0, 0.05) is 25.2 Å². The van der Waals surface area contributed by atoms with Crippen molar-refractivity contribution in [3.63, 3.8) is 0 Å². The van der Waals surface area contributed by atoms with Gasteiger partial charge in [0.2, 0.25) is 0 Å². The maximum Gasteiger partial charge on any atom is 0.0686 e. The lowest BCUT2D eigenvalue weighted by atomic mass is 9.91. The Balaban J connectivity index is 2.10. The van der Waals surface area contributed by atoms with Gasteiger partial charge < -0.3 is 0 Å². The Hall–Kier alpha value is -0.520. The van der Waals surface area contributed by atoms with Gasteiger partial charge in [-0.2, -0.15) is 0 Å². The van der Waals surface area contributed by atoms with Gasteiger partial charge in [-0.3, -0.25) is 9.80 Å². The van der Waals surface area contributed by atoms with Crippen molar-refractivity contribution in [2.24, 2.45) is 5.92 Å². The summed E-state index contributed by atoms with van der Waals surface area (Å²) in [4.78, 5) is 5.27. The summed E-state index contributed by atoms with van der Waals surface area (Å²) in [7, 11) is 0. The van der Waals surface area contributed by atoms with Gasteiger partial charge in [0.05, 0.1) is 6.04 Å². The maximum atomic E-state index is 5.63. The molecule has 0 aromatic heterocycles. The zero-order valence-electron chi connectivity index (χ0n) is 11.5. The molecular weight excluding hydrogens is 208 g/mol. The van der Waals surface area contributed by atoms with Gasteiger partial charge >= 0.3 is 0 Å². The Labute approximate surface area is 106 Å². The first-order chi connectivity index (χ1) is 8.13. The van der Waals surface area contributed by atoms with E-state index in [-0.39, 0.29) is 6.04 Å². The van der Waals surface area contributed by atoms with Gasteiger partial charge in [-0.15, -0.1) is 6.42 Å². The number of terminal acetylenes is 1. The predicted octanol–water partition coefficient (Wildman–Crippen LogP) is 2.20. The number of hydrogen-bond donors (Lipinski definition) is 0. The molecule has 96 valence electrons. The second-order valence-electron chi connectivity index (χ2n) is 6.00. The number of hydrogen-bond acceptors (Lipinski definition) is 2. The van der Waals surface area contributed by atoms with Crippen LogP contribution in [0.3, 0.4) is 0 Å². The second kappa shape index (κ2) is 5.42. The highest BCUT2D eigenvalue weighted by atomic mass is 15.3. The Morgan fingerprint density at radius 1 is 1.18 bits per heavy atom. The summed E-state index contributed by atoms with van der Waals surface area (Å²) < 4.78 is 0. The first-order valence-electron chi connectivity index (χ1n) is 7.09. The molecule has 2 aliphatic rings. The van der Waals surface area contributed by atoms with E-state index in [1.165, 1.54) is 38.9 Å². The molecule has 0 bridgehead atoms. The summed E-state index contributed by atoms with van der Waals surface area (Å²) in [6.45, 7) is 10.5. The van der Waals surface area contributed by atoms with Crippen molar-refractivity contribution < 1.29 is 0 Å². The highest BCUT2D eigenvalue weighted by Crippen LogP contribution is 2.28. The van der Waals surface area contributed by atoms with Crippen molar-refractivity contribution in [3.05, 3.63) is 0 Å². The Morgan fingerprint density at radius 2 is 1.94 bits per heavy atom. The molecule has 0 aliphatic carbocycles. The third kappa shape index (κ3) is 2.67. The van der Waals surface area contributed by atoms with Crippen LogP contribution >= 0.6 is 0 Å². The molecular formula is C15H26N2. The molecule has 0 aromatic rings. The van der Waals surface area contributed by atoms with Crippen LogP contribution < -0.4 is 0 Å². The topological polar surface area (TPSA) is 6.48 Å². The van der Waals surface area contributed by atoms with Gasteiger partial charge in [0.25, 0.3) is 0 Å². The van der Waals surface area contributed by atoms with Crippen molar-refractivity contribution >= 4 is 0 Å². The molecule has 2 heteroatoms. The molecule has 0 spiro atoms. The van der Waals surface area contributed by atoms with E-state index >= 15 is 0 Å². The fraction of sp³-hybridized carbons (Fsp3) is 0.867. The average molecular weight is 234 g/mol. The van der Waals surface area contributed by atoms with Crippen LogP contribution in [0.25, 0.3) is 0 Å². The van der Waals surface area contributed by atoms with Gasteiger partial charge in [-0.1, -0.05) is 26.2 Å². The van der Waals surface area contributed by atoms with Crippen molar-refractivity contribution in [2.45, 2.75) is 58.2 Å². The molecule has 17 heavy (non-hydrogen) atoms. The van der Waals surface area contributed by atoms with Gasteiger partial charge in [0.15, 0.2) is 0 Å². The van der Waals surface area contributed by atoms with Crippen LogP contribution in [0.15, 0.2) is 0 Å². The molecule has 3 atom stereocenters. The standard InChI is InChI=1S/C15H26N2/c1-5-13(4)17-10-14-8-6-7-9-16(14)11-15(17)12(2)3/h1,12-15H,6-11H2,2-4H3. The quantitative estimate of drug-likeness (QED) is 0.676. The Morgan fingerprint density at radius 3 is 2.59 bits per heavy atom. The summed E-state index contributed by atoms with van der Waals surface area (Å²) in [5, 5.41) is 0. The monoisotopic (exact) mass is 234 g/mol. The summed E-state index contributed by atoms with van der Waals surface area (Å²) in [5.74, 6) is 3.61. The SMILES string of the molecule is C#CC(C)N1CC2CCCCN2CC1C(C)C. The zero-order chi connectivity index (χ0) is 12.4. The van der Waals surface area contributed by atoms with E-state index in [0.29, 0.717) is 12.0 Å². The molecule has 3 unspecified atom stereocenters. The van der Waals surface area contributed by atoms with Crippen molar-refractivity contribution in [1.82, 2.24) is 9.80 Å². The van der Waals surface area contributed by atoms with Crippen molar-refractivity contribution in [3.8, 4) is 12.3 Å². The Kier molecular flexibility index (Phi) is 4.12. The molecule has 2 rings (SSSR count). The van der Waals surface area contributed by atoms with E-state index in [1.807, 2.05) is 0 Å². The van der Waals surface area contributed by atoms with Gasteiger partial charge in [0.1, 0.15) is 0 Å². The molecule has 0 radical (unpaired) electrons. The number of rotatable bonds is 2. The lowest BCUT2D eigenvalue weighted by Crippen LogP contribution is -2.62. The van der Waals surface area contributed by atoms with E-state index in [4.69, 9.17) is 6.42 Å². The summed E-state index contributed by atoms with van der Waals surface area (Å²) >= 11 is 0. The van der Waals surface area contributed by atoms with Crippen LogP contribution in [0, 0.1) is 18.3 Å². The molecule has 2 aliphatic heterocycles. The fourth-order valence-corrected chi connectivity index (χ4v) is 3.37. The average Bonchev–Trinajstić information content (AvgIpc) is 2.36. The summed E-state index contributed by atoms with van der Waals surface area (Å²) in [6, 6.07) is 1.68. The summed E-state index contributed by atoms with van der Waals surface area (Å²) in [5.41, 5.74) is 0. The van der Waals surface area contributed by atoms with E-state index in [1.54, 1.807) is 0 Å². The van der Waals surface area contributed by atoms with E-state index in [9.17, 15) is 0 Å². The molecule has 0 aromatic carbocycles. The third-order valence-electron chi connectivity index (χ3n) is 4.53. The molecule has 2 fully saturated rings. The minimum Gasteiger partial charge on any atom is -0.298 e. The van der Waals surface area contributed by atoms with Crippen LogP contribution in [-0.4, -0.2) is 47.6 Å². The predicted molar refractivity (Wildman–Crippen MR) is 72.8 cm³/mol. The van der Waals surface area contributed by atoms with Gasteiger partial charge in [-0.25, -0.2) is 0 Å². The lowest BCUT2D eigenvalue weighted by molar-refractivity contribution is -0.0160. The first kappa shape index (κ1) is 12.9. The number of fused-ring (bicyclic) bond motifs is 1. The number of piperidine rings is 1. The van der Waals surface area contributed by atoms with Crippen molar-refractivity contribution in [2.75, 3.05) is 19.6 Å². The fourth-order valence-electron chi connectivity index (χ4n) is 3.37. The zero-order valence-corrected chi connectivity index (χ0v) is 11.5. The molecule has 0 saturated carbocycles. The van der Waals surface area contributed by atoms with Crippen LogP contribution in [0.4, 0.5) is 0 Å². The normalized spacial score (nSPS) is 33.1. The maximum absolute atomic E-state index is 5.63. The Bertz CT molecular complexity index is 292. The molecule has 0 amide bonds. The van der Waals surface area contributed by atoms with Crippen molar-refractivity contribution in [1.29, 1.82) is 0 Å². The number of piperazine rings is 1. The van der Waals surface area contributed by atoms with Crippen LogP contribution in [-0.2, 0) is 0 Å². The highest BCUT2D eigenvalue weighted by Gasteiger charge is 2.37.